The maximum Gasteiger partial charge on any atom is 0.248 e. The molecule has 2 aliphatic carbocycles. The van der Waals surface area contributed by atoms with Gasteiger partial charge < -0.3 is 10.1 Å². The van der Waals surface area contributed by atoms with Crippen LogP contribution in [-0.4, -0.2) is 31.2 Å². The van der Waals surface area contributed by atoms with Gasteiger partial charge in [0, 0.05) is 31.2 Å². The van der Waals surface area contributed by atoms with Crippen molar-refractivity contribution in [2.24, 2.45) is 16.8 Å². The Hall–Kier alpha value is -2.01. The number of fused-ring (bicyclic) bond motifs is 1. The van der Waals surface area contributed by atoms with Crippen LogP contribution in [0.4, 0.5) is 0 Å². The molecule has 0 aromatic rings. The van der Waals surface area contributed by atoms with Crippen LogP contribution in [-0.2, 0) is 14.3 Å². The Morgan fingerprint density at radius 1 is 1.35 bits per heavy atom. The minimum absolute atomic E-state index is 0.00321. The maximum atomic E-state index is 12.1. The molecule has 0 aromatic carbocycles. The smallest absolute Gasteiger partial charge is 0.248 e. The lowest BCUT2D eigenvalue weighted by Crippen LogP contribution is -2.34. The summed E-state index contributed by atoms with van der Waals surface area (Å²) in [5, 5.41) is 2.83. The lowest BCUT2D eigenvalue weighted by molar-refractivity contribution is -0.118. The third-order valence-corrected chi connectivity index (χ3v) is 4.58. The number of hydrogen-bond donors (Lipinski definition) is 1. The van der Waals surface area contributed by atoms with Crippen molar-refractivity contribution < 1.29 is 14.3 Å². The first-order valence-corrected chi connectivity index (χ1v) is 8.17. The van der Waals surface area contributed by atoms with E-state index < -0.39 is 0 Å². The number of allylic oxidation sites excluding steroid dienone is 3. The molecule has 1 atom stereocenters. The number of carbonyl (C=O) groups excluding carboxylic acids is 2. The van der Waals surface area contributed by atoms with E-state index in [-0.39, 0.29) is 17.7 Å². The molecule has 1 saturated carbocycles. The van der Waals surface area contributed by atoms with Gasteiger partial charge in [0.15, 0.2) is 0 Å². The van der Waals surface area contributed by atoms with Gasteiger partial charge in [0.25, 0.3) is 0 Å². The van der Waals surface area contributed by atoms with Crippen molar-refractivity contribution in [1.82, 2.24) is 5.32 Å². The van der Waals surface area contributed by atoms with Crippen molar-refractivity contribution in [1.29, 1.82) is 0 Å². The predicted molar refractivity (Wildman–Crippen MR) is 87.8 cm³/mol. The molecule has 1 N–H and O–H groups in total. The second kappa shape index (κ2) is 7.04. The summed E-state index contributed by atoms with van der Waals surface area (Å²) in [6.07, 6.45) is 12.4. The van der Waals surface area contributed by atoms with E-state index in [1.807, 2.05) is 12.2 Å². The molecule has 122 valence electrons. The summed E-state index contributed by atoms with van der Waals surface area (Å²) in [7, 11) is 1.61. The Labute approximate surface area is 136 Å². The van der Waals surface area contributed by atoms with Crippen molar-refractivity contribution in [3.63, 3.8) is 0 Å². The largest absolute Gasteiger partial charge is 0.380 e. The van der Waals surface area contributed by atoms with Gasteiger partial charge in [-0.25, -0.2) is 4.99 Å². The fourth-order valence-corrected chi connectivity index (χ4v) is 3.49. The van der Waals surface area contributed by atoms with Crippen LogP contribution in [0, 0.1) is 11.8 Å². The Morgan fingerprint density at radius 2 is 2.13 bits per heavy atom. The first kappa shape index (κ1) is 15.9. The molecule has 0 bridgehead atoms. The highest BCUT2D eigenvalue weighted by atomic mass is 16.5. The molecule has 2 amide bonds. The van der Waals surface area contributed by atoms with Crippen molar-refractivity contribution in [3.05, 3.63) is 35.6 Å². The van der Waals surface area contributed by atoms with Crippen LogP contribution in [0.5, 0.6) is 0 Å². The van der Waals surface area contributed by atoms with Crippen molar-refractivity contribution in [2.75, 3.05) is 13.7 Å². The van der Waals surface area contributed by atoms with E-state index in [4.69, 9.17) is 4.74 Å². The first-order valence-electron chi connectivity index (χ1n) is 8.17. The number of nitrogens with zero attached hydrogens (tertiary/aromatic N) is 1. The minimum atomic E-state index is -0.161. The summed E-state index contributed by atoms with van der Waals surface area (Å²) in [6, 6.07) is 0. The van der Waals surface area contributed by atoms with E-state index in [1.165, 1.54) is 12.8 Å². The Balaban J connectivity index is 1.71. The summed E-state index contributed by atoms with van der Waals surface area (Å²) in [5.74, 6) is 0.259. The highest BCUT2D eigenvalue weighted by Gasteiger charge is 2.26. The molecule has 23 heavy (non-hydrogen) atoms. The van der Waals surface area contributed by atoms with E-state index in [2.05, 4.69) is 10.3 Å². The van der Waals surface area contributed by atoms with Crippen LogP contribution in [0.3, 0.4) is 0 Å². The zero-order chi connectivity index (χ0) is 16.2. The molecular weight excluding hydrogens is 292 g/mol. The molecule has 0 spiro atoms. The van der Waals surface area contributed by atoms with Crippen LogP contribution in [0.2, 0.25) is 0 Å². The molecule has 0 radical (unpaired) electrons. The summed E-state index contributed by atoms with van der Waals surface area (Å²) < 4.78 is 5.15. The van der Waals surface area contributed by atoms with Crippen LogP contribution in [0.25, 0.3) is 0 Å². The summed E-state index contributed by atoms with van der Waals surface area (Å²) in [5.41, 5.74) is 2.28. The second-order valence-corrected chi connectivity index (χ2v) is 6.36. The molecule has 3 rings (SSSR count). The molecular formula is C18H22N2O3. The zero-order valence-corrected chi connectivity index (χ0v) is 13.4. The van der Waals surface area contributed by atoms with E-state index in [0.717, 1.165) is 24.1 Å². The van der Waals surface area contributed by atoms with E-state index in [0.29, 0.717) is 24.7 Å². The van der Waals surface area contributed by atoms with Crippen molar-refractivity contribution in [2.45, 2.75) is 32.1 Å². The zero-order valence-electron chi connectivity index (χ0n) is 13.4. The van der Waals surface area contributed by atoms with Crippen LogP contribution < -0.4 is 5.32 Å². The fourth-order valence-electron chi connectivity index (χ4n) is 3.49. The average Bonchev–Trinajstić information content (AvgIpc) is 2.99. The SMILES string of the molecule is COCC1=CC(=O)NC2=CC(=NC(=O)CC3CCCC3)C=CC12. The Morgan fingerprint density at radius 3 is 2.87 bits per heavy atom. The lowest BCUT2D eigenvalue weighted by Gasteiger charge is -2.27. The number of amides is 2. The summed E-state index contributed by atoms with van der Waals surface area (Å²) >= 11 is 0. The molecule has 5 heteroatoms. The summed E-state index contributed by atoms with van der Waals surface area (Å²) in [4.78, 5) is 28.0. The van der Waals surface area contributed by atoms with Crippen molar-refractivity contribution >= 4 is 17.5 Å². The maximum absolute atomic E-state index is 12.1. The lowest BCUT2D eigenvalue weighted by atomic mass is 9.88. The van der Waals surface area contributed by atoms with E-state index in [9.17, 15) is 9.59 Å². The Kier molecular flexibility index (Phi) is 4.86. The van der Waals surface area contributed by atoms with E-state index in [1.54, 1.807) is 19.3 Å². The van der Waals surface area contributed by atoms with Gasteiger partial charge in [0.05, 0.1) is 12.3 Å². The molecule has 0 saturated heterocycles. The first-order chi connectivity index (χ1) is 11.2. The highest BCUT2D eigenvalue weighted by Crippen LogP contribution is 2.29. The molecule has 0 aromatic heterocycles. The summed E-state index contributed by atoms with van der Waals surface area (Å²) in [6.45, 7) is 0.410. The van der Waals surface area contributed by atoms with Crippen molar-refractivity contribution in [3.8, 4) is 0 Å². The quantitative estimate of drug-likeness (QED) is 0.866. The molecule has 1 heterocycles. The molecule has 1 unspecified atom stereocenters. The van der Waals surface area contributed by atoms with Gasteiger partial charge >= 0.3 is 0 Å². The monoisotopic (exact) mass is 314 g/mol. The fraction of sp³-hybridized carbons (Fsp3) is 0.500. The molecule has 5 nitrogen and oxygen atoms in total. The van der Waals surface area contributed by atoms with Gasteiger partial charge in [-0.1, -0.05) is 18.9 Å². The third-order valence-electron chi connectivity index (χ3n) is 4.58. The number of nitrogens with one attached hydrogen (secondary N) is 1. The van der Waals surface area contributed by atoms with E-state index >= 15 is 0 Å². The number of hydrogen-bond acceptors (Lipinski definition) is 3. The number of aliphatic imine (C=N–C) groups is 1. The Bertz CT molecular complexity index is 622. The number of carbonyl (C=O) groups is 2. The number of ether oxygens (including phenoxy) is 1. The predicted octanol–water partition coefficient (Wildman–Crippen LogP) is 2.31. The van der Waals surface area contributed by atoms with Crippen LogP contribution in [0.15, 0.2) is 40.6 Å². The van der Waals surface area contributed by atoms with Crippen LogP contribution in [0.1, 0.15) is 32.1 Å². The number of rotatable bonds is 4. The van der Waals surface area contributed by atoms with Crippen LogP contribution >= 0.6 is 0 Å². The normalized spacial score (nSPS) is 25.9. The standard InChI is InChI=1S/C18H22N2O3/c1-23-11-13-9-18(22)20-16-10-14(6-7-15(13)16)19-17(21)8-12-4-2-3-5-12/h6-7,9-10,12,15H,2-5,8,11H2,1H3,(H,20,22). The van der Waals surface area contributed by atoms with Gasteiger partial charge in [0.2, 0.25) is 11.8 Å². The van der Waals surface area contributed by atoms with Gasteiger partial charge in [-0.3, -0.25) is 9.59 Å². The highest BCUT2D eigenvalue weighted by molar-refractivity contribution is 6.11. The van der Waals surface area contributed by atoms with Gasteiger partial charge in [-0.15, -0.1) is 0 Å². The van der Waals surface area contributed by atoms with Gasteiger partial charge in [-0.2, -0.15) is 0 Å². The van der Waals surface area contributed by atoms with Gasteiger partial charge in [0.1, 0.15) is 0 Å². The molecule has 1 fully saturated rings. The minimum Gasteiger partial charge on any atom is -0.380 e. The average molecular weight is 314 g/mol. The number of methoxy groups -OCH3 is 1. The van der Waals surface area contributed by atoms with Gasteiger partial charge in [-0.05, 0) is 36.5 Å². The molecule has 3 aliphatic rings. The topological polar surface area (TPSA) is 67.8 Å². The molecule has 1 aliphatic heterocycles. The third kappa shape index (κ3) is 3.85. The second-order valence-electron chi connectivity index (χ2n) is 6.36.